The van der Waals surface area contributed by atoms with E-state index < -0.39 is 29.9 Å². The summed E-state index contributed by atoms with van der Waals surface area (Å²) < 4.78 is 5.29. The largest absolute Gasteiger partial charge is 0.394 e. The van der Waals surface area contributed by atoms with E-state index in [-0.39, 0.29) is 11.9 Å². The second kappa shape index (κ2) is 5.47. The van der Waals surface area contributed by atoms with Crippen molar-refractivity contribution in [3.05, 3.63) is 0 Å². The van der Waals surface area contributed by atoms with Crippen molar-refractivity contribution in [2.24, 2.45) is 0 Å². The summed E-state index contributed by atoms with van der Waals surface area (Å²) >= 11 is 1.35. The van der Waals surface area contributed by atoms with Crippen LogP contribution in [0.1, 0.15) is 13.8 Å². The van der Waals surface area contributed by atoms with Gasteiger partial charge in [-0.1, -0.05) is 13.8 Å². The first kappa shape index (κ1) is 13.2. The van der Waals surface area contributed by atoms with E-state index in [2.05, 4.69) is 0 Å². The third kappa shape index (κ3) is 3.05. The predicted octanol–water partition coefficient (Wildman–Crippen LogP) is -1.07. The van der Waals surface area contributed by atoms with Gasteiger partial charge in [0.1, 0.15) is 29.9 Å². The first-order valence-electron chi connectivity index (χ1n) is 4.93. The molecule has 1 fully saturated rings. The number of ether oxygens (including phenoxy) is 1. The fourth-order valence-corrected chi connectivity index (χ4v) is 2.51. The molecule has 6 heteroatoms. The van der Waals surface area contributed by atoms with Gasteiger partial charge in [-0.25, -0.2) is 0 Å². The van der Waals surface area contributed by atoms with Gasteiger partial charge >= 0.3 is 0 Å². The molecule has 0 radical (unpaired) electrons. The summed E-state index contributed by atoms with van der Waals surface area (Å²) in [6.45, 7) is 3.50. The quantitative estimate of drug-likeness (QED) is 0.500. The molecule has 3 unspecified atom stereocenters. The van der Waals surface area contributed by atoms with Crippen molar-refractivity contribution >= 4 is 11.8 Å². The molecule has 0 aromatic carbocycles. The molecule has 1 aliphatic heterocycles. The van der Waals surface area contributed by atoms with Crippen LogP contribution in [0.25, 0.3) is 0 Å². The van der Waals surface area contributed by atoms with Crippen LogP contribution in [0.2, 0.25) is 0 Å². The molecule has 4 N–H and O–H groups in total. The fourth-order valence-electron chi connectivity index (χ4n) is 1.45. The molecule has 5 atom stereocenters. The summed E-state index contributed by atoms with van der Waals surface area (Å²) in [6, 6.07) is 0. The zero-order chi connectivity index (χ0) is 11.6. The first-order valence-corrected chi connectivity index (χ1v) is 5.87. The predicted molar refractivity (Wildman–Crippen MR) is 56.5 cm³/mol. The van der Waals surface area contributed by atoms with Crippen molar-refractivity contribution in [2.45, 2.75) is 48.9 Å². The second-order valence-corrected chi connectivity index (χ2v) is 5.56. The average Bonchev–Trinajstić information content (AvgIpc) is 2.18. The Labute approximate surface area is 93.1 Å². The zero-order valence-electron chi connectivity index (χ0n) is 8.78. The summed E-state index contributed by atoms with van der Waals surface area (Å²) in [4.78, 5) is 0. The van der Waals surface area contributed by atoms with Gasteiger partial charge in [-0.2, -0.15) is 0 Å². The van der Waals surface area contributed by atoms with Crippen molar-refractivity contribution < 1.29 is 25.2 Å². The summed E-state index contributed by atoms with van der Waals surface area (Å²) in [5.74, 6) is 0. The van der Waals surface area contributed by atoms with Gasteiger partial charge in [0.2, 0.25) is 0 Å². The normalized spacial score (nSPS) is 42.2. The van der Waals surface area contributed by atoms with Crippen LogP contribution < -0.4 is 0 Å². The van der Waals surface area contributed by atoms with Crippen LogP contribution in [0.4, 0.5) is 0 Å². The minimum atomic E-state index is -1.27. The molecule has 0 spiro atoms. The fraction of sp³-hybridized carbons (Fsp3) is 1.00. The summed E-state index contributed by atoms with van der Waals surface area (Å²) in [5, 5.41) is 37.8. The Kier molecular flexibility index (Phi) is 4.82. The van der Waals surface area contributed by atoms with E-state index in [1.165, 1.54) is 11.8 Å². The molecule has 1 rings (SSSR count). The third-order valence-corrected chi connectivity index (χ3v) is 3.46. The smallest absolute Gasteiger partial charge is 0.132 e. The lowest BCUT2D eigenvalue weighted by Crippen LogP contribution is -2.57. The Hall–Kier alpha value is 0.150. The maximum Gasteiger partial charge on any atom is 0.132 e. The number of aliphatic hydroxyl groups excluding tert-OH is 4. The third-order valence-electron chi connectivity index (χ3n) is 2.25. The van der Waals surface area contributed by atoms with Gasteiger partial charge in [-0.05, 0) is 0 Å². The minimum Gasteiger partial charge on any atom is -0.394 e. The molecule has 0 aromatic heterocycles. The number of thioether (sulfide) groups is 1. The molecular formula is C9H18O5S. The summed E-state index contributed by atoms with van der Waals surface area (Å²) in [6.07, 6.45) is -4.48. The van der Waals surface area contributed by atoms with E-state index in [0.717, 1.165) is 0 Å². The lowest BCUT2D eigenvalue weighted by atomic mass is 10.0. The molecule has 0 aliphatic carbocycles. The number of hydrogen-bond acceptors (Lipinski definition) is 6. The van der Waals surface area contributed by atoms with Crippen LogP contribution in [-0.4, -0.2) is 62.1 Å². The van der Waals surface area contributed by atoms with Crippen LogP contribution in [0.5, 0.6) is 0 Å². The first-order chi connectivity index (χ1) is 6.97. The van der Waals surface area contributed by atoms with Gasteiger partial charge in [0, 0.05) is 5.25 Å². The van der Waals surface area contributed by atoms with E-state index in [1.807, 2.05) is 13.8 Å². The maximum atomic E-state index is 9.63. The topological polar surface area (TPSA) is 90.2 Å². The lowest BCUT2D eigenvalue weighted by Gasteiger charge is -2.40. The van der Waals surface area contributed by atoms with Crippen LogP contribution in [0.3, 0.4) is 0 Å². The van der Waals surface area contributed by atoms with Crippen LogP contribution in [0.15, 0.2) is 0 Å². The molecule has 1 saturated heterocycles. The van der Waals surface area contributed by atoms with Crippen LogP contribution >= 0.6 is 11.8 Å². The Morgan fingerprint density at radius 1 is 1.13 bits per heavy atom. The standard InChI is InChI=1S/C9H18O5S/c1-4(2)15-9-8(13)7(12)6(11)5(3-10)14-9/h4-13H,3H2,1-2H3/t5?,6-,7?,8?,9+/m1/s1. The molecule has 0 bridgehead atoms. The van der Waals surface area contributed by atoms with Crippen molar-refractivity contribution in [3.8, 4) is 0 Å². The SMILES string of the molecule is CC(C)S[C@@H]1OC(CO)[C@@H](O)C(O)C1O. The van der Waals surface area contributed by atoms with Crippen molar-refractivity contribution in [1.82, 2.24) is 0 Å². The monoisotopic (exact) mass is 238 g/mol. The summed E-state index contributed by atoms with van der Waals surface area (Å²) in [5.41, 5.74) is -0.611. The van der Waals surface area contributed by atoms with Crippen molar-refractivity contribution in [2.75, 3.05) is 6.61 Å². The highest BCUT2D eigenvalue weighted by Gasteiger charge is 2.43. The van der Waals surface area contributed by atoms with Crippen LogP contribution in [-0.2, 0) is 4.74 Å². The Balaban J connectivity index is 2.65. The van der Waals surface area contributed by atoms with E-state index in [1.54, 1.807) is 0 Å². The minimum absolute atomic E-state index is 0.228. The zero-order valence-corrected chi connectivity index (χ0v) is 9.59. The Morgan fingerprint density at radius 2 is 1.73 bits per heavy atom. The maximum absolute atomic E-state index is 9.63. The molecule has 1 aliphatic rings. The second-order valence-electron chi connectivity index (χ2n) is 3.88. The van der Waals surface area contributed by atoms with Gasteiger partial charge in [0.15, 0.2) is 0 Å². The van der Waals surface area contributed by atoms with Crippen molar-refractivity contribution in [3.63, 3.8) is 0 Å². The van der Waals surface area contributed by atoms with E-state index in [9.17, 15) is 15.3 Å². The highest BCUT2D eigenvalue weighted by molar-refractivity contribution is 8.00. The highest BCUT2D eigenvalue weighted by Crippen LogP contribution is 2.30. The van der Waals surface area contributed by atoms with Crippen LogP contribution in [0, 0.1) is 0 Å². The number of aliphatic hydroxyl groups is 4. The number of hydrogen-bond donors (Lipinski definition) is 4. The highest BCUT2D eigenvalue weighted by atomic mass is 32.2. The molecule has 1 heterocycles. The lowest BCUT2D eigenvalue weighted by molar-refractivity contribution is -0.205. The summed E-state index contributed by atoms with van der Waals surface area (Å²) in [7, 11) is 0. The molecule has 0 aromatic rings. The molecule has 0 saturated carbocycles. The van der Waals surface area contributed by atoms with Gasteiger partial charge in [-0.3, -0.25) is 0 Å². The van der Waals surface area contributed by atoms with Gasteiger partial charge in [0.25, 0.3) is 0 Å². The number of rotatable bonds is 3. The molecule has 5 nitrogen and oxygen atoms in total. The van der Waals surface area contributed by atoms with E-state index >= 15 is 0 Å². The molecular weight excluding hydrogens is 220 g/mol. The van der Waals surface area contributed by atoms with E-state index in [0.29, 0.717) is 0 Å². The Bertz CT molecular complexity index is 199. The molecule has 15 heavy (non-hydrogen) atoms. The average molecular weight is 238 g/mol. The Morgan fingerprint density at radius 3 is 2.20 bits per heavy atom. The van der Waals surface area contributed by atoms with Gasteiger partial charge < -0.3 is 25.2 Å². The van der Waals surface area contributed by atoms with E-state index in [4.69, 9.17) is 9.84 Å². The van der Waals surface area contributed by atoms with Crippen molar-refractivity contribution in [1.29, 1.82) is 0 Å². The van der Waals surface area contributed by atoms with Gasteiger partial charge in [0.05, 0.1) is 6.61 Å². The molecule has 0 amide bonds. The molecule has 90 valence electrons. The van der Waals surface area contributed by atoms with Gasteiger partial charge in [-0.15, -0.1) is 11.8 Å².